The van der Waals surface area contributed by atoms with Crippen molar-refractivity contribution < 1.29 is 14.9 Å². The van der Waals surface area contributed by atoms with Crippen molar-refractivity contribution in [3.8, 4) is 11.5 Å². The molecule has 4 nitrogen and oxygen atoms in total. The minimum absolute atomic E-state index is 0.0445. The quantitative estimate of drug-likeness (QED) is 0.792. The second kappa shape index (κ2) is 6.11. The van der Waals surface area contributed by atoms with E-state index < -0.39 is 12.1 Å². The maximum Gasteiger partial charge on any atom is 0.172 e. The number of hydrogen-bond donors (Lipinski definition) is 3. The summed E-state index contributed by atoms with van der Waals surface area (Å²) in [5.41, 5.74) is 6.49. The van der Waals surface area contributed by atoms with Crippen LogP contribution in [0.1, 0.15) is 39.3 Å². The normalized spacial score (nSPS) is 15.1. The predicted octanol–water partition coefficient (Wildman–Crippen LogP) is 2.96. The smallest absolute Gasteiger partial charge is 0.172 e. The van der Waals surface area contributed by atoms with Crippen molar-refractivity contribution in [1.29, 1.82) is 0 Å². The van der Waals surface area contributed by atoms with Gasteiger partial charge >= 0.3 is 0 Å². The highest BCUT2D eigenvalue weighted by atomic mass is 79.9. The van der Waals surface area contributed by atoms with Crippen LogP contribution in [0, 0.1) is 5.41 Å². The van der Waals surface area contributed by atoms with E-state index in [9.17, 15) is 10.2 Å². The first kappa shape index (κ1) is 16.3. The third-order valence-corrected chi connectivity index (χ3v) is 3.57. The van der Waals surface area contributed by atoms with Gasteiger partial charge in [-0.05, 0) is 46.0 Å². The van der Waals surface area contributed by atoms with E-state index in [1.54, 1.807) is 12.1 Å². The van der Waals surface area contributed by atoms with E-state index in [0.717, 1.165) is 5.56 Å². The summed E-state index contributed by atoms with van der Waals surface area (Å²) in [6, 6.07) is 2.83. The van der Waals surface area contributed by atoms with Gasteiger partial charge in [0.05, 0.1) is 23.2 Å². The zero-order chi connectivity index (χ0) is 14.8. The molecule has 2 atom stereocenters. The maximum absolute atomic E-state index is 10.2. The minimum Gasteiger partial charge on any atom is -0.503 e. The van der Waals surface area contributed by atoms with E-state index in [1.165, 1.54) is 0 Å². The lowest BCUT2D eigenvalue weighted by atomic mass is 9.82. The van der Waals surface area contributed by atoms with E-state index in [4.69, 9.17) is 10.5 Å². The molecule has 0 amide bonds. The highest BCUT2D eigenvalue weighted by molar-refractivity contribution is 9.10. The molecule has 0 aliphatic rings. The van der Waals surface area contributed by atoms with E-state index in [-0.39, 0.29) is 11.2 Å². The summed E-state index contributed by atoms with van der Waals surface area (Å²) in [6.45, 7) is 8.06. The average molecular weight is 332 g/mol. The molecule has 19 heavy (non-hydrogen) atoms. The number of phenols is 1. The molecule has 0 radical (unpaired) electrons. The number of phenolic OH excluding ortho intramolecular Hbond substituents is 1. The molecule has 0 heterocycles. The molecule has 108 valence electrons. The maximum atomic E-state index is 10.2. The van der Waals surface area contributed by atoms with Gasteiger partial charge in [0.25, 0.3) is 0 Å². The van der Waals surface area contributed by atoms with Crippen LogP contribution in [0.2, 0.25) is 0 Å². The number of halogens is 1. The molecule has 0 aromatic heterocycles. The minimum atomic E-state index is -0.696. The first-order valence-corrected chi connectivity index (χ1v) is 7.06. The zero-order valence-corrected chi connectivity index (χ0v) is 13.4. The van der Waals surface area contributed by atoms with Crippen molar-refractivity contribution in [1.82, 2.24) is 0 Å². The third-order valence-electron chi connectivity index (χ3n) is 2.96. The Labute approximate surface area is 122 Å². The Morgan fingerprint density at radius 1 is 1.37 bits per heavy atom. The summed E-state index contributed by atoms with van der Waals surface area (Å²) in [5, 5.41) is 20.1. The Morgan fingerprint density at radius 3 is 2.42 bits per heavy atom. The predicted molar refractivity (Wildman–Crippen MR) is 79.4 cm³/mol. The second-order valence-electron chi connectivity index (χ2n) is 5.62. The highest BCUT2D eigenvalue weighted by Gasteiger charge is 2.30. The standard InChI is InChI=1S/C14H22BrNO3/c1-5-19-10-7-8(6-9(15)12(10)17)11(16)13(18)14(2,3)4/h6-7,11,13,17-18H,5,16H2,1-4H3/t11-,13-/m1/s1. The fraction of sp³-hybridized carbons (Fsp3) is 0.571. The van der Waals surface area contributed by atoms with Gasteiger partial charge < -0.3 is 20.7 Å². The number of aliphatic hydroxyl groups is 1. The molecule has 0 fully saturated rings. The average Bonchev–Trinajstić information content (AvgIpc) is 2.32. The number of hydrogen-bond acceptors (Lipinski definition) is 4. The van der Waals surface area contributed by atoms with Crippen LogP contribution in [0.25, 0.3) is 0 Å². The summed E-state index contributed by atoms with van der Waals surface area (Å²) < 4.78 is 5.86. The highest BCUT2D eigenvalue weighted by Crippen LogP contribution is 2.38. The Hall–Kier alpha value is -0.780. The molecule has 0 saturated carbocycles. The molecule has 0 aliphatic heterocycles. The largest absolute Gasteiger partial charge is 0.503 e. The number of aromatic hydroxyl groups is 1. The number of nitrogens with two attached hydrogens (primary N) is 1. The first-order valence-electron chi connectivity index (χ1n) is 6.27. The fourth-order valence-electron chi connectivity index (χ4n) is 1.77. The molecule has 0 unspecified atom stereocenters. The summed E-state index contributed by atoms with van der Waals surface area (Å²) in [7, 11) is 0. The van der Waals surface area contributed by atoms with Crippen LogP contribution < -0.4 is 10.5 Å². The van der Waals surface area contributed by atoms with Crippen LogP contribution in [0.4, 0.5) is 0 Å². The van der Waals surface area contributed by atoms with Crippen LogP contribution in [-0.2, 0) is 0 Å². The molecule has 0 saturated heterocycles. The first-order chi connectivity index (χ1) is 8.68. The van der Waals surface area contributed by atoms with Crippen LogP contribution in [-0.4, -0.2) is 22.9 Å². The molecule has 5 heteroatoms. The van der Waals surface area contributed by atoms with E-state index in [2.05, 4.69) is 15.9 Å². The van der Waals surface area contributed by atoms with Gasteiger partial charge in [0, 0.05) is 0 Å². The Kier molecular flexibility index (Phi) is 5.24. The van der Waals surface area contributed by atoms with Crippen LogP contribution in [0.3, 0.4) is 0 Å². The monoisotopic (exact) mass is 331 g/mol. The molecule has 1 aromatic carbocycles. The number of ether oxygens (including phenoxy) is 1. The summed E-state index contributed by atoms with van der Waals surface area (Å²) in [5.74, 6) is 0.409. The van der Waals surface area contributed by atoms with Gasteiger partial charge in [-0.15, -0.1) is 0 Å². The molecule has 1 aromatic rings. The number of rotatable bonds is 4. The van der Waals surface area contributed by atoms with Gasteiger partial charge in [0.2, 0.25) is 0 Å². The fourth-order valence-corrected chi connectivity index (χ4v) is 2.23. The van der Waals surface area contributed by atoms with Crippen LogP contribution in [0.15, 0.2) is 16.6 Å². The molecule has 0 bridgehead atoms. The lowest BCUT2D eigenvalue weighted by molar-refractivity contribution is 0.0400. The van der Waals surface area contributed by atoms with Gasteiger partial charge in [-0.25, -0.2) is 0 Å². The Balaban J connectivity index is 3.14. The lowest BCUT2D eigenvalue weighted by Crippen LogP contribution is -2.37. The van der Waals surface area contributed by atoms with Crippen LogP contribution in [0.5, 0.6) is 11.5 Å². The van der Waals surface area contributed by atoms with Gasteiger partial charge in [0.15, 0.2) is 11.5 Å². The van der Waals surface area contributed by atoms with E-state index in [0.29, 0.717) is 16.8 Å². The lowest BCUT2D eigenvalue weighted by Gasteiger charge is -2.31. The molecular formula is C14H22BrNO3. The van der Waals surface area contributed by atoms with Crippen molar-refractivity contribution >= 4 is 15.9 Å². The van der Waals surface area contributed by atoms with E-state index >= 15 is 0 Å². The zero-order valence-electron chi connectivity index (χ0n) is 11.8. The van der Waals surface area contributed by atoms with Crippen molar-refractivity contribution in [3.05, 3.63) is 22.2 Å². The van der Waals surface area contributed by atoms with Crippen LogP contribution >= 0.6 is 15.9 Å². The topological polar surface area (TPSA) is 75.7 Å². The van der Waals surface area contributed by atoms with Crippen molar-refractivity contribution in [3.63, 3.8) is 0 Å². The van der Waals surface area contributed by atoms with Crippen molar-refractivity contribution in [2.24, 2.45) is 11.1 Å². The molecule has 0 spiro atoms. The number of benzene rings is 1. The van der Waals surface area contributed by atoms with Gasteiger partial charge in [-0.1, -0.05) is 20.8 Å². The Morgan fingerprint density at radius 2 is 1.95 bits per heavy atom. The molecule has 1 rings (SSSR count). The molecular weight excluding hydrogens is 310 g/mol. The van der Waals surface area contributed by atoms with Crippen molar-refractivity contribution in [2.75, 3.05) is 6.61 Å². The third kappa shape index (κ3) is 3.84. The summed E-state index contributed by atoms with van der Waals surface area (Å²) >= 11 is 3.27. The van der Waals surface area contributed by atoms with Gasteiger partial charge in [-0.2, -0.15) is 0 Å². The van der Waals surface area contributed by atoms with Gasteiger partial charge in [0.1, 0.15) is 0 Å². The second-order valence-corrected chi connectivity index (χ2v) is 6.47. The van der Waals surface area contributed by atoms with Crippen molar-refractivity contribution in [2.45, 2.75) is 39.8 Å². The SMILES string of the molecule is CCOc1cc([C@@H](N)[C@@H](O)C(C)(C)C)cc(Br)c1O. The summed E-state index contributed by atoms with van der Waals surface area (Å²) in [6.07, 6.45) is -0.696. The number of aliphatic hydroxyl groups excluding tert-OH is 1. The Bertz CT molecular complexity index is 443. The molecule has 0 aliphatic carbocycles. The summed E-state index contributed by atoms with van der Waals surface area (Å²) in [4.78, 5) is 0. The van der Waals surface area contributed by atoms with Gasteiger partial charge in [-0.3, -0.25) is 0 Å². The van der Waals surface area contributed by atoms with E-state index in [1.807, 2.05) is 27.7 Å². The molecule has 4 N–H and O–H groups in total.